The van der Waals surface area contributed by atoms with Gasteiger partial charge >= 0.3 is 0 Å². The lowest BCUT2D eigenvalue weighted by Gasteiger charge is -2.26. The van der Waals surface area contributed by atoms with Gasteiger partial charge in [-0.25, -0.2) is 0 Å². The van der Waals surface area contributed by atoms with Gasteiger partial charge in [0, 0.05) is 13.6 Å². The van der Waals surface area contributed by atoms with Crippen molar-refractivity contribution in [2.24, 2.45) is 11.8 Å². The Labute approximate surface area is 114 Å². The van der Waals surface area contributed by atoms with Crippen LogP contribution in [0.3, 0.4) is 0 Å². The summed E-state index contributed by atoms with van der Waals surface area (Å²) in [6.07, 6.45) is 5.03. The topological polar surface area (TPSA) is 66.9 Å². The predicted molar refractivity (Wildman–Crippen MR) is 75.0 cm³/mol. The maximum absolute atomic E-state index is 11.9. The summed E-state index contributed by atoms with van der Waals surface area (Å²) in [6, 6.07) is 3.45. The van der Waals surface area contributed by atoms with Crippen LogP contribution in [0.4, 0.5) is 5.82 Å². The van der Waals surface area contributed by atoms with Crippen molar-refractivity contribution in [3.05, 3.63) is 17.8 Å². The molecule has 1 aromatic rings. The Morgan fingerprint density at radius 1 is 1.37 bits per heavy atom. The summed E-state index contributed by atoms with van der Waals surface area (Å²) in [7, 11) is 1.77. The second-order valence-electron chi connectivity index (χ2n) is 5.40. The van der Waals surface area contributed by atoms with Crippen LogP contribution in [0.2, 0.25) is 0 Å². The van der Waals surface area contributed by atoms with Gasteiger partial charge < -0.3 is 10.6 Å². The van der Waals surface area contributed by atoms with E-state index in [4.69, 9.17) is 0 Å². The highest BCUT2D eigenvalue weighted by Gasteiger charge is 2.19. The highest BCUT2D eigenvalue weighted by atomic mass is 16.1. The minimum atomic E-state index is -0.131. The zero-order chi connectivity index (χ0) is 13.7. The molecule has 1 saturated carbocycles. The molecule has 0 spiro atoms. The van der Waals surface area contributed by atoms with Crippen LogP contribution in [0.25, 0.3) is 0 Å². The average Bonchev–Trinajstić information content (AvgIpc) is 2.45. The van der Waals surface area contributed by atoms with E-state index in [2.05, 4.69) is 27.8 Å². The van der Waals surface area contributed by atoms with Gasteiger partial charge in [0.05, 0.1) is 0 Å². The fourth-order valence-corrected chi connectivity index (χ4v) is 2.66. The van der Waals surface area contributed by atoms with Crippen LogP contribution in [-0.4, -0.2) is 29.7 Å². The van der Waals surface area contributed by atoms with Crippen molar-refractivity contribution in [3.63, 3.8) is 0 Å². The molecule has 1 aromatic heterocycles. The summed E-state index contributed by atoms with van der Waals surface area (Å²) < 4.78 is 0. The van der Waals surface area contributed by atoms with Crippen LogP contribution in [0.1, 0.15) is 43.1 Å². The molecule has 1 aliphatic rings. The van der Waals surface area contributed by atoms with Crippen molar-refractivity contribution in [3.8, 4) is 0 Å². The summed E-state index contributed by atoms with van der Waals surface area (Å²) in [6.45, 7) is 3.04. The molecule has 1 aliphatic carbocycles. The zero-order valence-corrected chi connectivity index (χ0v) is 11.6. The van der Waals surface area contributed by atoms with E-state index in [0.29, 0.717) is 17.4 Å². The van der Waals surface area contributed by atoms with Crippen molar-refractivity contribution >= 4 is 11.7 Å². The fraction of sp³-hybridized carbons (Fsp3) is 0.643. The maximum atomic E-state index is 11.9. The molecule has 0 saturated heterocycles. The number of carbonyl (C=O) groups is 1. The summed E-state index contributed by atoms with van der Waals surface area (Å²) in [5.74, 6) is 1.92. The van der Waals surface area contributed by atoms with Crippen LogP contribution in [0, 0.1) is 11.8 Å². The van der Waals surface area contributed by atoms with Gasteiger partial charge in [0.2, 0.25) is 0 Å². The predicted octanol–water partition coefficient (Wildman–Crippen LogP) is 2.07. The largest absolute Gasteiger partial charge is 0.372 e. The van der Waals surface area contributed by atoms with Gasteiger partial charge in [0.25, 0.3) is 5.91 Å². The van der Waals surface area contributed by atoms with E-state index in [1.807, 2.05) is 0 Å². The lowest BCUT2D eigenvalue weighted by atomic mass is 9.82. The molecule has 0 radical (unpaired) electrons. The lowest BCUT2D eigenvalue weighted by molar-refractivity contribution is 0.0934. The van der Waals surface area contributed by atoms with Crippen LogP contribution >= 0.6 is 0 Å². The zero-order valence-electron chi connectivity index (χ0n) is 11.6. The number of hydrogen-bond donors (Lipinski definition) is 2. The molecule has 2 rings (SSSR count). The van der Waals surface area contributed by atoms with E-state index in [0.717, 1.165) is 12.5 Å². The van der Waals surface area contributed by atoms with Gasteiger partial charge in [-0.05, 0) is 36.8 Å². The second-order valence-corrected chi connectivity index (χ2v) is 5.40. The molecule has 2 atom stereocenters. The molecule has 2 N–H and O–H groups in total. The number of nitrogens with zero attached hydrogens (tertiary/aromatic N) is 2. The highest BCUT2D eigenvalue weighted by Crippen LogP contribution is 2.27. The number of rotatable bonds is 4. The lowest BCUT2D eigenvalue weighted by Crippen LogP contribution is -2.32. The third-order valence-electron chi connectivity index (χ3n) is 3.75. The first-order chi connectivity index (χ1) is 9.19. The van der Waals surface area contributed by atoms with E-state index in [1.54, 1.807) is 19.2 Å². The van der Waals surface area contributed by atoms with Gasteiger partial charge in [-0.1, -0.05) is 19.8 Å². The molecule has 1 amide bonds. The van der Waals surface area contributed by atoms with E-state index in [-0.39, 0.29) is 5.91 Å². The molecule has 2 unspecified atom stereocenters. The maximum Gasteiger partial charge on any atom is 0.271 e. The van der Waals surface area contributed by atoms with Gasteiger partial charge in [0.15, 0.2) is 5.69 Å². The van der Waals surface area contributed by atoms with Gasteiger partial charge in [-0.2, -0.15) is 0 Å². The molecule has 5 heteroatoms. The minimum Gasteiger partial charge on any atom is -0.372 e. The van der Waals surface area contributed by atoms with Crippen molar-refractivity contribution in [2.75, 3.05) is 18.9 Å². The third kappa shape index (κ3) is 3.91. The average molecular weight is 262 g/mol. The quantitative estimate of drug-likeness (QED) is 0.871. The molecule has 104 valence electrons. The Balaban J connectivity index is 1.83. The summed E-state index contributed by atoms with van der Waals surface area (Å²) >= 11 is 0. The van der Waals surface area contributed by atoms with Crippen molar-refractivity contribution in [1.29, 1.82) is 0 Å². The Bertz CT molecular complexity index is 418. The molecule has 5 nitrogen and oxygen atoms in total. The number of anilines is 1. The molecule has 0 aromatic carbocycles. The number of hydrogen-bond acceptors (Lipinski definition) is 4. The van der Waals surface area contributed by atoms with E-state index >= 15 is 0 Å². The van der Waals surface area contributed by atoms with E-state index < -0.39 is 0 Å². The molecule has 1 fully saturated rings. The van der Waals surface area contributed by atoms with Crippen LogP contribution in [-0.2, 0) is 0 Å². The van der Waals surface area contributed by atoms with E-state index in [9.17, 15) is 4.79 Å². The minimum absolute atomic E-state index is 0.131. The Hall–Kier alpha value is -1.65. The molecule has 0 bridgehead atoms. The molecule has 0 aliphatic heterocycles. The number of aromatic nitrogens is 2. The van der Waals surface area contributed by atoms with Gasteiger partial charge in [-0.3, -0.25) is 4.79 Å². The van der Waals surface area contributed by atoms with Crippen molar-refractivity contribution < 1.29 is 4.79 Å². The van der Waals surface area contributed by atoms with Crippen molar-refractivity contribution in [1.82, 2.24) is 15.5 Å². The third-order valence-corrected chi connectivity index (χ3v) is 3.75. The fourth-order valence-electron chi connectivity index (χ4n) is 2.66. The first-order valence-corrected chi connectivity index (χ1v) is 6.98. The molecule has 19 heavy (non-hydrogen) atoms. The Morgan fingerprint density at radius 2 is 2.21 bits per heavy atom. The van der Waals surface area contributed by atoms with Gasteiger partial charge in [0.1, 0.15) is 5.82 Å². The Kier molecular flexibility index (Phi) is 4.71. The van der Waals surface area contributed by atoms with Crippen LogP contribution in [0.5, 0.6) is 0 Å². The normalized spacial score (nSPS) is 22.8. The number of carbonyl (C=O) groups excluding carboxylic acids is 1. The SMILES string of the molecule is CNc1ccc(C(=O)NCC2CCCC(C)C2)nn1. The first kappa shape index (κ1) is 13.8. The standard InChI is InChI=1S/C14H22N4O/c1-10-4-3-5-11(8-10)9-16-14(19)12-6-7-13(15-2)18-17-12/h6-7,10-11H,3-5,8-9H2,1-2H3,(H,15,18)(H,16,19). The summed E-state index contributed by atoms with van der Waals surface area (Å²) in [5.41, 5.74) is 0.378. The summed E-state index contributed by atoms with van der Waals surface area (Å²) in [4.78, 5) is 11.9. The van der Waals surface area contributed by atoms with Crippen LogP contribution in [0.15, 0.2) is 12.1 Å². The van der Waals surface area contributed by atoms with Crippen molar-refractivity contribution in [2.45, 2.75) is 32.6 Å². The monoisotopic (exact) mass is 262 g/mol. The highest BCUT2D eigenvalue weighted by molar-refractivity contribution is 5.92. The number of nitrogens with one attached hydrogen (secondary N) is 2. The molecular weight excluding hydrogens is 240 g/mol. The van der Waals surface area contributed by atoms with Crippen LogP contribution < -0.4 is 10.6 Å². The van der Waals surface area contributed by atoms with Gasteiger partial charge in [-0.15, -0.1) is 10.2 Å². The summed E-state index contributed by atoms with van der Waals surface area (Å²) in [5, 5.41) is 13.6. The first-order valence-electron chi connectivity index (χ1n) is 6.98. The smallest absolute Gasteiger partial charge is 0.271 e. The molecular formula is C14H22N4O. The number of amides is 1. The van der Waals surface area contributed by atoms with E-state index in [1.165, 1.54) is 25.7 Å². The second kappa shape index (κ2) is 6.50. The Morgan fingerprint density at radius 3 is 2.84 bits per heavy atom. The molecule has 1 heterocycles.